The van der Waals surface area contributed by atoms with Crippen molar-refractivity contribution in [2.75, 3.05) is 0 Å². The Balaban J connectivity index is 2.48. The van der Waals surface area contributed by atoms with Crippen LogP contribution in [0.2, 0.25) is 0 Å². The summed E-state index contributed by atoms with van der Waals surface area (Å²) >= 11 is 0. The van der Waals surface area contributed by atoms with Crippen LogP contribution in [-0.4, -0.2) is 21.2 Å². The molecule has 0 spiro atoms. The molecule has 1 N–H and O–H groups in total. The lowest BCUT2D eigenvalue weighted by Gasteiger charge is -2.09. The molecule has 0 radical (unpaired) electrons. The summed E-state index contributed by atoms with van der Waals surface area (Å²) in [5.74, 6) is -1.37. The van der Waals surface area contributed by atoms with Crippen LogP contribution in [0.3, 0.4) is 0 Å². The molecule has 21 heavy (non-hydrogen) atoms. The summed E-state index contributed by atoms with van der Waals surface area (Å²) in [6.07, 6.45) is -5.45. The maximum Gasteiger partial charge on any atom is 0.512 e. The minimum Gasteiger partial charge on any atom is -0.449 e. The molecule has 9 heteroatoms. The molecule has 1 heterocycles. The van der Waals surface area contributed by atoms with Gasteiger partial charge in [-0.1, -0.05) is 0 Å². The lowest BCUT2D eigenvalue weighted by Crippen LogP contribution is -2.06. The molecule has 1 aromatic carbocycles. The van der Waals surface area contributed by atoms with E-state index >= 15 is 0 Å². The second-order valence-corrected chi connectivity index (χ2v) is 3.80. The number of carboxylic acid groups (broad SMARTS) is 1. The molecule has 1 aromatic heterocycles. The molecule has 2 rings (SSSR count). The molecular weight excluding hydrogens is 296 g/mol. The van der Waals surface area contributed by atoms with Crippen LogP contribution >= 0.6 is 0 Å². The van der Waals surface area contributed by atoms with Crippen LogP contribution < -0.4 is 4.74 Å². The van der Waals surface area contributed by atoms with Crippen LogP contribution in [0.1, 0.15) is 5.56 Å². The zero-order valence-electron chi connectivity index (χ0n) is 10.1. The third-order valence-corrected chi connectivity index (χ3v) is 2.40. The number of nitrogens with zero attached hydrogens (tertiary/aromatic N) is 2. The molecule has 0 aliphatic heterocycles. The summed E-state index contributed by atoms with van der Waals surface area (Å²) in [5.41, 5.74) is -1.73. The topological polar surface area (TPSA) is 72.3 Å². The number of alkyl halides is 3. The van der Waals surface area contributed by atoms with Crippen LogP contribution in [0.4, 0.5) is 22.4 Å². The van der Waals surface area contributed by atoms with Crippen molar-refractivity contribution in [3.8, 4) is 17.1 Å². The van der Waals surface area contributed by atoms with E-state index in [1.54, 1.807) is 0 Å². The van der Waals surface area contributed by atoms with Crippen LogP contribution in [-0.2, 0) is 6.18 Å². The summed E-state index contributed by atoms with van der Waals surface area (Å²) in [7, 11) is 0. The van der Waals surface area contributed by atoms with Crippen molar-refractivity contribution in [1.29, 1.82) is 0 Å². The lowest BCUT2D eigenvalue weighted by atomic mass is 10.1. The van der Waals surface area contributed by atoms with E-state index in [-0.39, 0.29) is 5.69 Å². The van der Waals surface area contributed by atoms with E-state index in [0.717, 1.165) is 12.4 Å². The number of benzene rings is 1. The average Bonchev–Trinajstić information content (AvgIpc) is 2.37. The minimum atomic E-state index is -4.64. The predicted molar refractivity (Wildman–Crippen MR) is 61.1 cm³/mol. The van der Waals surface area contributed by atoms with E-state index in [2.05, 4.69) is 14.7 Å². The molecular formula is C12H6F4N2O3. The van der Waals surface area contributed by atoms with Gasteiger partial charge in [0.25, 0.3) is 0 Å². The Bertz CT molecular complexity index is 688. The third kappa shape index (κ3) is 3.44. The number of hydrogen-bond acceptors (Lipinski definition) is 4. The second-order valence-electron chi connectivity index (χ2n) is 3.80. The molecule has 0 atom stereocenters. The fourth-order valence-corrected chi connectivity index (χ4v) is 1.53. The Morgan fingerprint density at radius 2 is 1.90 bits per heavy atom. The molecule has 0 saturated heterocycles. The molecule has 0 unspecified atom stereocenters. The Morgan fingerprint density at radius 1 is 1.19 bits per heavy atom. The molecule has 0 fully saturated rings. The van der Waals surface area contributed by atoms with Crippen LogP contribution in [0.5, 0.6) is 5.88 Å². The molecule has 0 aliphatic rings. The second kappa shape index (κ2) is 5.35. The number of halogens is 4. The first kappa shape index (κ1) is 14.7. The first-order valence-corrected chi connectivity index (χ1v) is 5.37. The van der Waals surface area contributed by atoms with Crippen molar-refractivity contribution in [2.45, 2.75) is 6.18 Å². The molecule has 0 saturated carbocycles. The minimum absolute atomic E-state index is 0.232. The quantitative estimate of drug-likeness (QED) is 0.680. The highest BCUT2D eigenvalue weighted by Crippen LogP contribution is 2.33. The largest absolute Gasteiger partial charge is 0.512 e. The molecule has 0 aliphatic carbocycles. The van der Waals surface area contributed by atoms with E-state index in [9.17, 15) is 22.4 Å². The Kier molecular flexibility index (Phi) is 3.74. The SMILES string of the molecule is O=C(O)Oc1cc(-c2cc(C(F)(F)F)ccc2F)ncn1. The van der Waals surface area contributed by atoms with Gasteiger partial charge in [-0.05, 0) is 18.2 Å². The average molecular weight is 302 g/mol. The van der Waals surface area contributed by atoms with Crippen molar-refractivity contribution in [1.82, 2.24) is 9.97 Å². The molecule has 5 nitrogen and oxygen atoms in total. The number of aromatic nitrogens is 2. The smallest absolute Gasteiger partial charge is 0.449 e. The normalized spacial score (nSPS) is 11.2. The monoisotopic (exact) mass is 302 g/mol. The van der Waals surface area contributed by atoms with E-state index in [4.69, 9.17) is 5.11 Å². The van der Waals surface area contributed by atoms with Gasteiger partial charge in [0.2, 0.25) is 5.88 Å². The number of rotatable bonds is 2. The maximum absolute atomic E-state index is 13.7. The highest BCUT2D eigenvalue weighted by atomic mass is 19.4. The summed E-state index contributed by atoms with van der Waals surface area (Å²) in [5, 5.41) is 8.43. The van der Waals surface area contributed by atoms with Gasteiger partial charge in [0.15, 0.2) is 0 Å². The van der Waals surface area contributed by atoms with Crippen LogP contribution in [0, 0.1) is 5.82 Å². The molecule has 110 valence electrons. The molecule has 0 amide bonds. The van der Waals surface area contributed by atoms with Gasteiger partial charge in [0.1, 0.15) is 12.1 Å². The van der Waals surface area contributed by atoms with Gasteiger partial charge in [0, 0.05) is 11.6 Å². The highest BCUT2D eigenvalue weighted by molar-refractivity contribution is 5.64. The summed E-state index contributed by atoms with van der Waals surface area (Å²) in [4.78, 5) is 17.4. The fraction of sp³-hybridized carbons (Fsp3) is 0.0833. The van der Waals surface area contributed by atoms with Crippen molar-refractivity contribution >= 4 is 6.16 Å². The Hall–Kier alpha value is -2.71. The van der Waals surface area contributed by atoms with Gasteiger partial charge in [-0.25, -0.2) is 19.2 Å². The van der Waals surface area contributed by atoms with Gasteiger partial charge < -0.3 is 9.84 Å². The van der Waals surface area contributed by atoms with E-state index in [1.165, 1.54) is 0 Å². The zero-order valence-corrected chi connectivity index (χ0v) is 10.1. The van der Waals surface area contributed by atoms with Crippen molar-refractivity contribution in [3.05, 3.63) is 42.0 Å². The van der Waals surface area contributed by atoms with Crippen LogP contribution in [0.15, 0.2) is 30.6 Å². The molecule has 2 aromatic rings. The first-order chi connectivity index (χ1) is 9.77. The predicted octanol–water partition coefficient (Wildman–Crippen LogP) is 3.36. The van der Waals surface area contributed by atoms with E-state index in [0.29, 0.717) is 18.2 Å². The van der Waals surface area contributed by atoms with Gasteiger partial charge in [-0.15, -0.1) is 0 Å². The Morgan fingerprint density at radius 3 is 2.52 bits per heavy atom. The maximum atomic E-state index is 13.7. The number of carbonyl (C=O) groups is 1. The fourth-order valence-electron chi connectivity index (χ4n) is 1.53. The van der Waals surface area contributed by atoms with Crippen LogP contribution in [0.25, 0.3) is 11.3 Å². The third-order valence-electron chi connectivity index (χ3n) is 2.40. The van der Waals surface area contributed by atoms with E-state index < -0.39 is 35.2 Å². The van der Waals surface area contributed by atoms with Gasteiger partial charge in [-0.3, -0.25) is 0 Å². The highest BCUT2D eigenvalue weighted by Gasteiger charge is 2.31. The summed E-state index contributed by atoms with van der Waals surface area (Å²) in [6, 6.07) is 2.74. The first-order valence-electron chi connectivity index (χ1n) is 5.37. The number of hydrogen-bond donors (Lipinski definition) is 1. The van der Waals surface area contributed by atoms with Crippen molar-refractivity contribution in [2.24, 2.45) is 0 Å². The van der Waals surface area contributed by atoms with Gasteiger partial charge in [-0.2, -0.15) is 13.2 Å². The zero-order chi connectivity index (χ0) is 15.6. The van der Waals surface area contributed by atoms with Gasteiger partial charge in [0.05, 0.1) is 11.3 Å². The van der Waals surface area contributed by atoms with Gasteiger partial charge >= 0.3 is 12.3 Å². The van der Waals surface area contributed by atoms with E-state index in [1.807, 2.05) is 0 Å². The summed E-state index contributed by atoms with van der Waals surface area (Å²) in [6.45, 7) is 0. The lowest BCUT2D eigenvalue weighted by molar-refractivity contribution is -0.137. The summed E-state index contributed by atoms with van der Waals surface area (Å²) < 4.78 is 55.7. The number of ether oxygens (including phenoxy) is 1. The molecule has 0 bridgehead atoms. The van der Waals surface area contributed by atoms with Crippen molar-refractivity contribution in [3.63, 3.8) is 0 Å². The standard InChI is InChI=1S/C12H6F4N2O3/c13-8-2-1-6(12(14,15)16)3-7(8)9-4-10(18-5-17-9)21-11(19)20/h1-5H,(H,19,20). The van der Waals surface area contributed by atoms with Crippen molar-refractivity contribution < 1.29 is 32.2 Å². The Labute approximate surface area is 114 Å².